The van der Waals surface area contributed by atoms with E-state index in [-0.39, 0.29) is 0 Å². The lowest BCUT2D eigenvalue weighted by molar-refractivity contribution is -0.0230. The van der Waals surface area contributed by atoms with Crippen LogP contribution in [0.15, 0.2) is 24.2 Å². The summed E-state index contributed by atoms with van der Waals surface area (Å²) in [7, 11) is 0. The number of hydrogen-bond acceptors (Lipinski definition) is 9. The number of aliphatic hydroxyl groups excluding tert-OH is 2. The summed E-state index contributed by atoms with van der Waals surface area (Å²) in [6.07, 6.45) is 5.33. The number of anilines is 1. The number of hydrogen-bond donors (Lipinski definition) is 3. The van der Waals surface area contributed by atoms with E-state index in [1.54, 1.807) is 17.1 Å². The summed E-state index contributed by atoms with van der Waals surface area (Å²) in [5.41, 5.74) is 1.15. The predicted molar refractivity (Wildman–Crippen MR) is 106 cm³/mol. The van der Waals surface area contributed by atoms with E-state index in [1.807, 2.05) is 5.38 Å². The van der Waals surface area contributed by atoms with Gasteiger partial charge in [0.05, 0.1) is 6.33 Å². The summed E-state index contributed by atoms with van der Waals surface area (Å²) >= 11 is 1.40. The number of aliphatic hydroxyl groups is 2. The van der Waals surface area contributed by atoms with Crippen molar-refractivity contribution in [1.29, 1.82) is 0 Å². The molecule has 0 radical (unpaired) electrons. The Labute approximate surface area is 170 Å². The molecule has 1 saturated heterocycles. The first-order valence-corrected chi connectivity index (χ1v) is 10.5. The Kier molecular flexibility index (Phi) is 4.89. The molecule has 3 aromatic heterocycles. The van der Waals surface area contributed by atoms with Crippen LogP contribution in [0.25, 0.3) is 11.2 Å². The zero-order valence-electron chi connectivity index (χ0n) is 15.5. The molecular weight excluding hydrogens is 392 g/mol. The van der Waals surface area contributed by atoms with E-state index in [1.165, 1.54) is 30.5 Å². The van der Waals surface area contributed by atoms with Crippen molar-refractivity contribution >= 4 is 28.3 Å². The highest BCUT2D eigenvalue weighted by molar-refractivity contribution is 7.10. The number of thiazole rings is 1. The Morgan fingerprint density at radius 3 is 2.79 bits per heavy atom. The van der Waals surface area contributed by atoms with Crippen molar-refractivity contribution in [3.05, 3.63) is 29.2 Å². The predicted octanol–water partition coefficient (Wildman–Crippen LogP) is 1.31. The largest absolute Gasteiger partial charge is 0.386 e. The van der Waals surface area contributed by atoms with E-state index in [0.717, 1.165) is 12.8 Å². The zero-order valence-corrected chi connectivity index (χ0v) is 16.3. The molecule has 1 aliphatic heterocycles. The Balaban J connectivity index is 1.41. The van der Waals surface area contributed by atoms with Gasteiger partial charge in [0.2, 0.25) is 0 Å². The van der Waals surface area contributed by atoms with Crippen LogP contribution in [0.5, 0.6) is 0 Å². The van der Waals surface area contributed by atoms with Crippen LogP contribution in [0.2, 0.25) is 0 Å². The van der Waals surface area contributed by atoms with Crippen molar-refractivity contribution in [2.24, 2.45) is 0 Å². The molecule has 9 nitrogen and oxygen atoms in total. The van der Waals surface area contributed by atoms with E-state index in [2.05, 4.69) is 37.1 Å². The third kappa shape index (κ3) is 3.47. The highest BCUT2D eigenvalue weighted by Gasteiger charge is 2.43. The summed E-state index contributed by atoms with van der Waals surface area (Å²) in [4.78, 5) is 17.2. The van der Waals surface area contributed by atoms with E-state index in [0.29, 0.717) is 28.0 Å². The van der Waals surface area contributed by atoms with Gasteiger partial charge in [-0.2, -0.15) is 0 Å². The topological polar surface area (TPSA) is 118 Å². The normalized spacial score (nSPS) is 27.2. The van der Waals surface area contributed by atoms with E-state index in [9.17, 15) is 10.2 Å². The highest BCUT2D eigenvalue weighted by Crippen LogP contribution is 2.32. The zero-order chi connectivity index (χ0) is 19.8. The minimum atomic E-state index is -1.16. The van der Waals surface area contributed by atoms with Gasteiger partial charge < -0.3 is 20.3 Å². The molecule has 0 unspecified atom stereocenters. The number of aromatic nitrogens is 5. The molecule has 1 saturated carbocycles. The minimum Gasteiger partial charge on any atom is -0.386 e. The molecule has 4 heterocycles. The molecule has 2 fully saturated rings. The van der Waals surface area contributed by atoms with Gasteiger partial charge in [-0.1, -0.05) is 18.8 Å². The van der Waals surface area contributed by atoms with Gasteiger partial charge in [0.15, 0.2) is 28.2 Å². The summed E-state index contributed by atoms with van der Waals surface area (Å²) in [6, 6.07) is 0.388. The third-order valence-corrected chi connectivity index (χ3v) is 6.01. The van der Waals surface area contributed by atoms with Crippen LogP contribution in [0.3, 0.4) is 0 Å². The number of ether oxygens (including phenoxy) is 1. The Morgan fingerprint density at radius 1 is 1.14 bits per heavy atom. The fraction of sp³-hybridized carbons (Fsp3) is 0.474. The molecule has 0 aromatic carbocycles. The standard InChI is InChI=1S/C19H20N6O3S/c26-15-12(5-6-13-20-7-8-29-13)28-19(16(15)27)25-10-23-14-17(21-9-22-18(14)25)24-11-3-1-2-4-11/h7-12,15-16,19,26-27H,1-4H2,(H,21,22,24)/t12-,15-,16-,19-/m1/s1. The highest BCUT2D eigenvalue weighted by atomic mass is 32.1. The minimum absolute atomic E-state index is 0.388. The summed E-state index contributed by atoms with van der Waals surface area (Å²) in [6.45, 7) is 0. The molecule has 10 heteroatoms. The number of nitrogens with one attached hydrogen (secondary N) is 1. The Hall–Kier alpha value is -2.58. The maximum atomic E-state index is 10.6. The van der Waals surface area contributed by atoms with Crippen LogP contribution < -0.4 is 5.32 Å². The fourth-order valence-corrected chi connectivity index (χ4v) is 4.32. The molecule has 0 spiro atoms. The van der Waals surface area contributed by atoms with E-state index >= 15 is 0 Å². The van der Waals surface area contributed by atoms with Gasteiger partial charge in [-0.3, -0.25) is 4.57 Å². The van der Waals surface area contributed by atoms with E-state index in [4.69, 9.17) is 4.74 Å². The van der Waals surface area contributed by atoms with Crippen LogP contribution >= 0.6 is 11.3 Å². The van der Waals surface area contributed by atoms with Gasteiger partial charge in [0, 0.05) is 17.6 Å². The average Bonchev–Trinajstić information content (AvgIpc) is 3.51. The lowest BCUT2D eigenvalue weighted by Gasteiger charge is -2.16. The number of rotatable bonds is 3. The second-order valence-corrected chi connectivity index (χ2v) is 8.10. The molecule has 150 valence electrons. The molecule has 0 bridgehead atoms. The number of nitrogens with zero attached hydrogens (tertiary/aromatic N) is 5. The molecule has 3 N–H and O–H groups in total. The maximum Gasteiger partial charge on any atom is 0.167 e. The van der Waals surface area contributed by atoms with Gasteiger partial charge in [-0.05, 0) is 18.8 Å². The lowest BCUT2D eigenvalue weighted by atomic mass is 10.1. The molecule has 2 aliphatic rings. The van der Waals surface area contributed by atoms with Crippen molar-refractivity contribution in [2.75, 3.05) is 5.32 Å². The van der Waals surface area contributed by atoms with Crippen molar-refractivity contribution < 1.29 is 14.9 Å². The van der Waals surface area contributed by atoms with Crippen LogP contribution in [-0.4, -0.2) is 59.1 Å². The Morgan fingerprint density at radius 2 is 2.00 bits per heavy atom. The molecule has 29 heavy (non-hydrogen) atoms. The van der Waals surface area contributed by atoms with Crippen LogP contribution in [0.4, 0.5) is 5.82 Å². The fourth-order valence-electron chi connectivity index (χ4n) is 3.83. The molecule has 0 amide bonds. The molecular formula is C19H20N6O3S. The average molecular weight is 412 g/mol. The van der Waals surface area contributed by atoms with Gasteiger partial charge in [0.25, 0.3) is 0 Å². The van der Waals surface area contributed by atoms with Gasteiger partial charge >= 0.3 is 0 Å². The summed E-state index contributed by atoms with van der Waals surface area (Å²) < 4.78 is 7.48. The summed E-state index contributed by atoms with van der Waals surface area (Å²) in [5.74, 6) is 6.40. The molecule has 5 rings (SSSR count). The first-order valence-electron chi connectivity index (χ1n) is 9.57. The van der Waals surface area contributed by atoms with Crippen molar-refractivity contribution in [3.8, 4) is 11.8 Å². The SMILES string of the molecule is O[C@@H]1[C@H](O)[C@@H](C#Cc2nccs2)O[C@H]1n1cnc2c(NC3CCCC3)ncnc21. The monoisotopic (exact) mass is 412 g/mol. The molecule has 4 atom stereocenters. The second-order valence-electron chi connectivity index (χ2n) is 7.21. The van der Waals surface area contributed by atoms with Crippen LogP contribution in [0, 0.1) is 11.8 Å². The first kappa shape index (κ1) is 18.4. The van der Waals surface area contributed by atoms with Crippen molar-refractivity contribution in [1.82, 2.24) is 24.5 Å². The quantitative estimate of drug-likeness (QED) is 0.551. The molecule has 1 aliphatic carbocycles. The van der Waals surface area contributed by atoms with Crippen LogP contribution in [-0.2, 0) is 4.74 Å². The second kappa shape index (κ2) is 7.68. The van der Waals surface area contributed by atoms with Crippen LogP contribution in [0.1, 0.15) is 36.9 Å². The van der Waals surface area contributed by atoms with Crippen molar-refractivity contribution in [3.63, 3.8) is 0 Å². The first-order chi connectivity index (χ1) is 14.2. The number of imidazole rings is 1. The van der Waals surface area contributed by atoms with Gasteiger partial charge in [-0.25, -0.2) is 19.9 Å². The molecule has 3 aromatic rings. The third-order valence-electron chi connectivity index (χ3n) is 5.32. The van der Waals surface area contributed by atoms with E-state index < -0.39 is 24.5 Å². The number of fused-ring (bicyclic) bond motifs is 1. The van der Waals surface area contributed by atoms with Crippen molar-refractivity contribution in [2.45, 2.75) is 56.3 Å². The lowest BCUT2D eigenvalue weighted by Crippen LogP contribution is -2.30. The van der Waals surface area contributed by atoms with Gasteiger partial charge in [0.1, 0.15) is 24.6 Å². The van der Waals surface area contributed by atoms with Gasteiger partial charge in [-0.15, -0.1) is 11.3 Å². The maximum absolute atomic E-state index is 10.6. The summed E-state index contributed by atoms with van der Waals surface area (Å²) in [5, 5.41) is 26.8. The Bertz CT molecular complexity index is 1050. The smallest absolute Gasteiger partial charge is 0.167 e.